The van der Waals surface area contributed by atoms with Crippen molar-refractivity contribution >= 4 is 67.8 Å². The maximum Gasteiger partial charge on any atom is 0.0247 e. The van der Waals surface area contributed by atoms with E-state index in [2.05, 4.69) is 86.0 Å². The summed E-state index contributed by atoms with van der Waals surface area (Å²) in [7, 11) is 0. The Bertz CT molecular complexity index is 203. The van der Waals surface area contributed by atoms with Gasteiger partial charge in [0.2, 0.25) is 0 Å². The molecule has 12 heavy (non-hydrogen) atoms. The van der Waals surface area contributed by atoms with E-state index in [0.29, 0.717) is 0 Å². The van der Waals surface area contributed by atoms with Crippen molar-refractivity contribution in [3.05, 3.63) is 34.9 Å². The minimum absolute atomic E-state index is 1.12. The van der Waals surface area contributed by atoms with E-state index < -0.39 is 0 Å². The van der Waals surface area contributed by atoms with Gasteiger partial charge in [-0.2, -0.15) is 0 Å². The highest BCUT2D eigenvalue weighted by Gasteiger charge is 1.98. The summed E-state index contributed by atoms with van der Waals surface area (Å²) in [5.41, 5.74) is 4.37. The van der Waals surface area contributed by atoms with Crippen LogP contribution in [0.15, 0.2) is 18.2 Å². The SMILES string of the molecule is ICc1cc(CI)cc(CI)c1. The molecule has 0 aromatic heterocycles. The van der Waals surface area contributed by atoms with E-state index in [1.165, 1.54) is 16.7 Å². The monoisotopic (exact) mass is 498 g/mol. The molecule has 0 aliphatic carbocycles. The number of alkyl halides is 3. The molecule has 0 radical (unpaired) electrons. The third-order valence-electron chi connectivity index (χ3n) is 1.58. The van der Waals surface area contributed by atoms with Gasteiger partial charge in [0.15, 0.2) is 0 Å². The van der Waals surface area contributed by atoms with E-state index >= 15 is 0 Å². The van der Waals surface area contributed by atoms with Gasteiger partial charge in [0.05, 0.1) is 0 Å². The minimum atomic E-state index is 1.12. The normalized spacial score (nSPS) is 10.2. The molecule has 1 aromatic carbocycles. The first-order valence-corrected chi connectivity index (χ1v) is 8.17. The minimum Gasteiger partial charge on any atom is -0.0812 e. The standard InChI is InChI=1S/C9H9I3/c10-4-7-1-8(5-11)3-9(2-7)6-12/h1-3H,4-6H2. The van der Waals surface area contributed by atoms with Crippen LogP contribution in [0.25, 0.3) is 0 Å². The molecule has 0 N–H and O–H groups in total. The van der Waals surface area contributed by atoms with Crippen LogP contribution in [0, 0.1) is 0 Å². The van der Waals surface area contributed by atoms with Crippen molar-refractivity contribution < 1.29 is 0 Å². The maximum atomic E-state index is 2.41. The first-order valence-electron chi connectivity index (χ1n) is 3.59. The van der Waals surface area contributed by atoms with Gasteiger partial charge in [-0.25, -0.2) is 0 Å². The van der Waals surface area contributed by atoms with Crippen molar-refractivity contribution in [3.63, 3.8) is 0 Å². The summed E-state index contributed by atoms with van der Waals surface area (Å²) in [5.74, 6) is 0. The van der Waals surface area contributed by atoms with Gasteiger partial charge in [0, 0.05) is 13.3 Å². The quantitative estimate of drug-likeness (QED) is 0.426. The first-order chi connectivity index (χ1) is 5.80. The topological polar surface area (TPSA) is 0 Å². The largest absolute Gasteiger partial charge is 0.0812 e. The fraction of sp³-hybridized carbons (Fsp3) is 0.333. The predicted molar refractivity (Wildman–Crippen MR) is 79.6 cm³/mol. The molecule has 0 spiro atoms. The van der Waals surface area contributed by atoms with Crippen LogP contribution in [0.1, 0.15) is 16.7 Å². The van der Waals surface area contributed by atoms with E-state index in [9.17, 15) is 0 Å². The number of rotatable bonds is 3. The lowest BCUT2D eigenvalue weighted by molar-refractivity contribution is 1.30. The second kappa shape index (κ2) is 6.00. The van der Waals surface area contributed by atoms with E-state index in [-0.39, 0.29) is 0 Å². The van der Waals surface area contributed by atoms with Gasteiger partial charge in [0.1, 0.15) is 0 Å². The first kappa shape index (κ1) is 11.5. The molecular weight excluding hydrogens is 489 g/mol. The van der Waals surface area contributed by atoms with Crippen LogP contribution in [0.4, 0.5) is 0 Å². The summed E-state index contributed by atoms with van der Waals surface area (Å²) in [6.45, 7) is 0. The molecule has 0 heterocycles. The molecule has 0 saturated carbocycles. The van der Waals surface area contributed by atoms with Crippen LogP contribution < -0.4 is 0 Å². The maximum absolute atomic E-state index is 2.41. The molecule has 0 atom stereocenters. The number of benzene rings is 1. The molecule has 66 valence electrons. The summed E-state index contributed by atoms with van der Waals surface area (Å²) >= 11 is 7.24. The Balaban J connectivity index is 3.01. The van der Waals surface area contributed by atoms with Crippen LogP contribution in [-0.2, 0) is 13.3 Å². The molecule has 0 nitrogen and oxygen atoms in total. The highest BCUT2D eigenvalue weighted by atomic mass is 127. The smallest absolute Gasteiger partial charge is 0.0247 e. The fourth-order valence-electron chi connectivity index (χ4n) is 1.07. The average Bonchev–Trinajstić information content (AvgIpc) is 2.16. The zero-order valence-corrected chi connectivity index (χ0v) is 13.0. The molecule has 1 rings (SSSR count). The molecule has 0 aliphatic rings. The van der Waals surface area contributed by atoms with Crippen molar-refractivity contribution in [1.29, 1.82) is 0 Å². The van der Waals surface area contributed by atoms with Crippen LogP contribution in [0.3, 0.4) is 0 Å². The number of hydrogen-bond acceptors (Lipinski definition) is 0. The molecule has 0 fully saturated rings. The molecule has 1 aromatic rings. The van der Waals surface area contributed by atoms with Crippen LogP contribution in [-0.4, -0.2) is 0 Å². The summed E-state index contributed by atoms with van der Waals surface area (Å²) in [4.78, 5) is 0. The Labute approximate surface area is 114 Å². The van der Waals surface area contributed by atoms with Gasteiger partial charge in [-0.15, -0.1) is 0 Å². The lowest BCUT2D eigenvalue weighted by atomic mass is 10.1. The van der Waals surface area contributed by atoms with Gasteiger partial charge in [-0.1, -0.05) is 86.0 Å². The average molecular weight is 498 g/mol. The number of halogens is 3. The second-order valence-corrected chi connectivity index (χ2v) is 4.85. The van der Waals surface area contributed by atoms with Gasteiger partial charge < -0.3 is 0 Å². The Morgan fingerprint density at radius 3 is 1.08 bits per heavy atom. The Hall–Kier alpha value is 1.41. The molecule has 0 unspecified atom stereocenters. The zero-order chi connectivity index (χ0) is 8.97. The Kier molecular flexibility index (Phi) is 5.74. The predicted octanol–water partition coefficient (Wildman–Crippen LogP) is 4.49. The summed E-state index contributed by atoms with van der Waals surface area (Å²) in [5, 5.41) is 0. The van der Waals surface area contributed by atoms with Crippen LogP contribution in [0.5, 0.6) is 0 Å². The molecule has 0 saturated heterocycles. The Morgan fingerprint density at radius 2 is 0.917 bits per heavy atom. The zero-order valence-electron chi connectivity index (χ0n) is 6.49. The number of hydrogen-bond donors (Lipinski definition) is 0. The highest BCUT2D eigenvalue weighted by molar-refractivity contribution is 14.1. The van der Waals surface area contributed by atoms with Crippen molar-refractivity contribution in [2.75, 3.05) is 0 Å². The van der Waals surface area contributed by atoms with Gasteiger partial charge in [-0.3, -0.25) is 0 Å². The van der Waals surface area contributed by atoms with Gasteiger partial charge in [-0.05, 0) is 16.7 Å². The van der Waals surface area contributed by atoms with E-state index in [1.54, 1.807) is 0 Å². The van der Waals surface area contributed by atoms with Crippen molar-refractivity contribution in [2.45, 2.75) is 13.3 Å². The third kappa shape index (κ3) is 3.28. The highest BCUT2D eigenvalue weighted by Crippen LogP contribution is 2.17. The van der Waals surface area contributed by atoms with Crippen molar-refractivity contribution in [2.24, 2.45) is 0 Å². The third-order valence-corrected chi connectivity index (χ3v) is 4.22. The van der Waals surface area contributed by atoms with Crippen LogP contribution in [0.2, 0.25) is 0 Å². The Morgan fingerprint density at radius 1 is 0.667 bits per heavy atom. The van der Waals surface area contributed by atoms with E-state index in [0.717, 1.165) is 13.3 Å². The molecule has 0 aliphatic heterocycles. The fourth-order valence-corrected chi connectivity index (χ4v) is 2.39. The lowest BCUT2D eigenvalue weighted by Crippen LogP contribution is -1.87. The van der Waals surface area contributed by atoms with E-state index in [4.69, 9.17) is 0 Å². The van der Waals surface area contributed by atoms with Crippen molar-refractivity contribution in [1.82, 2.24) is 0 Å². The van der Waals surface area contributed by atoms with Crippen LogP contribution >= 0.6 is 67.8 Å². The lowest BCUT2D eigenvalue weighted by Gasteiger charge is -2.03. The van der Waals surface area contributed by atoms with Crippen molar-refractivity contribution in [3.8, 4) is 0 Å². The summed E-state index contributed by atoms with van der Waals surface area (Å²) in [6, 6.07) is 6.90. The summed E-state index contributed by atoms with van der Waals surface area (Å²) in [6.07, 6.45) is 0. The van der Waals surface area contributed by atoms with E-state index in [1.807, 2.05) is 0 Å². The molecule has 3 heteroatoms. The molecular formula is C9H9I3. The molecule has 0 bridgehead atoms. The summed E-state index contributed by atoms with van der Waals surface area (Å²) < 4.78 is 3.35. The molecule has 0 amide bonds. The van der Waals surface area contributed by atoms with Gasteiger partial charge in [0.25, 0.3) is 0 Å². The second-order valence-electron chi connectivity index (χ2n) is 2.56. The van der Waals surface area contributed by atoms with Gasteiger partial charge >= 0.3 is 0 Å².